The first-order valence-electron chi connectivity index (χ1n) is 8.57. The van der Waals surface area contributed by atoms with Gasteiger partial charge >= 0.3 is 5.97 Å². The first-order chi connectivity index (χ1) is 13.0. The number of aryl methyl sites for hydroxylation is 1. The molecule has 0 aliphatic carbocycles. The summed E-state index contributed by atoms with van der Waals surface area (Å²) in [4.78, 5) is 14.6. The highest BCUT2D eigenvalue weighted by Gasteiger charge is 2.36. The molecule has 1 N–H and O–H groups in total. The lowest BCUT2D eigenvalue weighted by Gasteiger charge is -2.37. The molecule has 0 radical (unpaired) electrons. The van der Waals surface area contributed by atoms with Gasteiger partial charge < -0.3 is 14.8 Å². The quantitative estimate of drug-likeness (QED) is 0.626. The van der Waals surface area contributed by atoms with Gasteiger partial charge in [0.25, 0.3) is 0 Å². The fourth-order valence-corrected chi connectivity index (χ4v) is 3.46. The number of thiocarbonyl (C=S) groups is 1. The molecule has 142 valence electrons. The Kier molecular flexibility index (Phi) is 5.46. The van der Waals surface area contributed by atoms with Crippen LogP contribution in [-0.2, 0) is 16.6 Å². The molecule has 1 aromatic heterocycles. The van der Waals surface area contributed by atoms with Gasteiger partial charge in [-0.3, -0.25) is 9.58 Å². The van der Waals surface area contributed by atoms with Crippen LogP contribution in [-0.4, -0.2) is 34.6 Å². The summed E-state index contributed by atoms with van der Waals surface area (Å²) >= 11 is 5.61. The van der Waals surface area contributed by atoms with E-state index in [0.29, 0.717) is 17.3 Å². The molecule has 1 aliphatic rings. The van der Waals surface area contributed by atoms with E-state index < -0.39 is 6.04 Å². The minimum Gasteiger partial charge on any atom is -0.497 e. The van der Waals surface area contributed by atoms with Gasteiger partial charge in [0.1, 0.15) is 5.75 Å². The van der Waals surface area contributed by atoms with Crippen LogP contribution in [0.5, 0.6) is 5.75 Å². The van der Waals surface area contributed by atoms with Crippen LogP contribution >= 0.6 is 12.2 Å². The molecular formula is C19H22N4O3S. The van der Waals surface area contributed by atoms with Crippen molar-refractivity contribution in [3.8, 4) is 5.75 Å². The van der Waals surface area contributed by atoms with Crippen molar-refractivity contribution in [1.29, 1.82) is 0 Å². The van der Waals surface area contributed by atoms with Crippen LogP contribution in [0.25, 0.3) is 0 Å². The van der Waals surface area contributed by atoms with Crippen LogP contribution in [0.4, 0.5) is 5.69 Å². The number of hydrogen-bond acceptors (Lipinski definition) is 5. The lowest BCUT2D eigenvalue weighted by atomic mass is 9.97. The number of nitrogens with zero attached hydrogens (tertiary/aromatic N) is 3. The Morgan fingerprint density at radius 3 is 2.59 bits per heavy atom. The Morgan fingerprint density at radius 2 is 2.04 bits per heavy atom. The van der Waals surface area contributed by atoms with Crippen molar-refractivity contribution in [1.82, 2.24) is 15.1 Å². The van der Waals surface area contributed by atoms with Gasteiger partial charge in [-0.15, -0.1) is 0 Å². The van der Waals surface area contributed by atoms with E-state index in [1.54, 1.807) is 24.9 Å². The van der Waals surface area contributed by atoms with E-state index in [9.17, 15) is 4.79 Å². The van der Waals surface area contributed by atoms with Gasteiger partial charge in [-0.05, 0) is 50.3 Å². The average molecular weight is 386 g/mol. The number of carbonyl (C=O) groups excluding carboxylic acids is 1. The van der Waals surface area contributed by atoms with E-state index >= 15 is 0 Å². The standard InChI is InChI=1S/C19H22N4O3S/c1-5-26-18(24)16-12(2)23(14-6-8-15(25-4)9-7-14)19(27)21-17(16)13-10-20-22(3)11-13/h6-11,17H,5H2,1-4H3,(H,21,27). The smallest absolute Gasteiger partial charge is 0.338 e. The molecule has 0 spiro atoms. The van der Waals surface area contributed by atoms with E-state index in [0.717, 1.165) is 22.7 Å². The number of carbonyl (C=O) groups is 1. The molecule has 27 heavy (non-hydrogen) atoms. The third kappa shape index (κ3) is 3.66. The van der Waals surface area contributed by atoms with Gasteiger partial charge in [-0.25, -0.2) is 4.79 Å². The summed E-state index contributed by atoms with van der Waals surface area (Å²) in [6.07, 6.45) is 3.58. The molecule has 0 amide bonds. The van der Waals surface area contributed by atoms with Crippen LogP contribution in [0.2, 0.25) is 0 Å². The predicted octanol–water partition coefficient (Wildman–Crippen LogP) is 2.70. The first-order valence-corrected chi connectivity index (χ1v) is 8.98. The Balaban J connectivity index is 2.08. The third-order valence-corrected chi connectivity index (χ3v) is 4.67. The van der Waals surface area contributed by atoms with E-state index in [4.69, 9.17) is 21.7 Å². The van der Waals surface area contributed by atoms with Crippen LogP contribution in [0.3, 0.4) is 0 Å². The van der Waals surface area contributed by atoms with Crippen molar-refractivity contribution in [2.75, 3.05) is 18.6 Å². The normalized spacial score (nSPS) is 17.0. The summed E-state index contributed by atoms with van der Waals surface area (Å²) < 4.78 is 12.2. The first kappa shape index (κ1) is 18.9. The Hall–Kier alpha value is -2.87. The molecule has 1 aromatic carbocycles. The van der Waals surface area contributed by atoms with Gasteiger partial charge in [0, 0.05) is 30.2 Å². The molecule has 0 bridgehead atoms. The van der Waals surface area contributed by atoms with Gasteiger partial charge in [-0.2, -0.15) is 5.10 Å². The molecule has 8 heteroatoms. The zero-order chi connectivity index (χ0) is 19.6. The second-order valence-corrected chi connectivity index (χ2v) is 6.47. The van der Waals surface area contributed by atoms with E-state index in [1.165, 1.54) is 0 Å². The molecule has 1 aliphatic heterocycles. The number of anilines is 1. The van der Waals surface area contributed by atoms with Crippen LogP contribution in [0.1, 0.15) is 25.5 Å². The predicted molar refractivity (Wildman–Crippen MR) is 106 cm³/mol. The number of rotatable bonds is 5. The van der Waals surface area contributed by atoms with Crippen LogP contribution in [0, 0.1) is 0 Å². The SMILES string of the molecule is CCOC(=O)C1=C(C)N(c2ccc(OC)cc2)C(=S)NC1c1cnn(C)c1. The highest BCUT2D eigenvalue weighted by molar-refractivity contribution is 7.80. The van der Waals surface area contributed by atoms with E-state index in [1.807, 2.05) is 49.3 Å². The zero-order valence-corrected chi connectivity index (χ0v) is 16.5. The maximum absolute atomic E-state index is 12.7. The minimum atomic E-state index is -0.417. The number of hydrogen-bond donors (Lipinski definition) is 1. The van der Waals surface area contributed by atoms with Crippen LogP contribution < -0.4 is 15.0 Å². The second kappa shape index (κ2) is 7.79. The fourth-order valence-electron chi connectivity index (χ4n) is 3.10. The van der Waals surface area contributed by atoms with E-state index in [2.05, 4.69) is 10.4 Å². The van der Waals surface area contributed by atoms with Gasteiger partial charge in [0.15, 0.2) is 5.11 Å². The van der Waals surface area contributed by atoms with Gasteiger partial charge in [0.05, 0.1) is 31.5 Å². The van der Waals surface area contributed by atoms with Gasteiger partial charge in [0.2, 0.25) is 0 Å². The molecule has 1 unspecified atom stereocenters. The number of benzene rings is 1. The van der Waals surface area contributed by atoms with Crippen molar-refractivity contribution in [3.63, 3.8) is 0 Å². The minimum absolute atomic E-state index is 0.294. The highest BCUT2D eigenvalue weighted by atomic mass is 32.1. The van der Waals surface area contributed by atoms with Crippen molar-refractivity contribution in [2.45, 2.75) is 19.9 Å². The molecule has 0 saturated heterocycles. The number of ether oxygens (including phenoxy) is 2. The zero-order valence-electron chi connectivity index (χ0n) is 15.7. The average Bonchev–Trinajstić information content (AvgIpc) is 3.08. The molecule has 7 nitrogen and oxygen atoms in total. The number of allylic oxidation sites excluding steroid dienone is 1. The summed E-state index contributed by atoms with van der Waals surface area (Å²) in [6.45, 7) is 3.95. The molecule has 3 rings (SSSR count). The summed E-state index contributed by atoms with van der Waals surface area (Å²) in [6, 6.07) is 7.07. The molecule has 1 atom stereocenters. The maximum atomic E-state index is 12.7. The highest BCUT2D eigenvalue weighted by Crippen LogP contribution is 2.34. The molecule has 0 saturated carbocycles. The second-order valence-electron chi connectivity index (χ2n) is 6.08. The summed E-state index contributed by atoms with van der Waals surface area (Å²) in [7, 11) is 3.44. The van der Waals surface area contributed by atoms with Crippen molar-refractivity contribution >= 4 is 29.0 Å². The molecule has 0 fully saturated rings. The molecule has 2 heterocycles. The Bertz CT molecular complexity index is 889. The van der Waals surface area contributed by atoms with E-state index in [-0.39, 0.29) is 5.97 Å². The Morgan fingerprint density at radius 1 is 1.33 bits per heavy atom. The van der Waals surface area contributed by atoms with Crippen LogP contribution in [0.15, 0.2) is 47.9 Å². The molecule has 2 aromatic rings. The number of methoxy groups -OCH3 is 1. The summed E-state index contributed by atoms with van der Waals surface area (Å²) in [5.74, 6) is 0.368. The Labute approximate surface area is 163 Å². The monoisotopic (exact) mass is 386 g/mol. The summed E-state index contributed by atoms with van der Waals surface area (Å²) in [5.41, 5.74) is 2.90. The topological polar surface area (TPSA) is 68.6 Å². The third-order valence-electron chi connectivity index (χ3n) is 4.37. The fraction of sp³-hybridized carbons (Fsp3) is 0.316. The number of aromatic nitrogens is 2. The maximum Gasteiger partial charge on any atom is 0.338 e. The lowest BCUT2D eigenvalue weighted by molar-refractivity contribution is -0.139. The van der Waals surface area contributed by atoms with Crippen molar-refractivity contribution in [2.24, 2.45) is 7.05 Å². The number of nitrogens with one attached hydrogen (secondary N) is 1. The van der Waals surface area contributed by atoms with Crippen molar-refractivity contribution < 1.29 is 14.3 Å². The molecular weight excluding hydrogens is 364 g/mol. The van der Waals surface area contributed by atoms with Crippen molar-refractivity contribution in [3.05, 3.63) is 53.5 Å². The summed E-state index contributed by atoms with van der Waals surface area (Å²) in [5, 5.41) is 7.97. The lowest BCUT2D eigenvalue weighted by Crippen LogP contribution is -2.48. The van der Waals surface area contributed by atoms with Gasteiger partial charge in [-0.1, -0.05) is 0 Å². The number of esters is 1. The largest absolute Gasteiger partial charge is 0.497 e.